The standard InChI is InChI=1S/C23H32N6O4S/c1-13(2)26-23(33)27-15-9-19(29(11-15)20(30)12-34-3)22(32)28-18(21(24)31)8-14-10-25-17-7-5-4-6-16(14)17/h4-7,10,13,15,18-19,25H,8-9,11-12H2,1-3H3,(H2,24,31)(H,28,32)(H2,26,27,33). The Bertz CT molecular complexity index is 1060. The summed E-state index contributed by atoms with van der Waals surface area (Å²) in [5, 5.41) is 9.26. The first kappa shape index (κ1) is 25.4. The molecule has 2 heterocycles. The second kappa shape index (κ2) is 11.3. The molecule has 0 radical (unpaired) electrons. The van der Waals surface area contributed by atoms with Gasteiger partial charge in [-0.25, -0.2) is 4.79 Å². The molecule has 1 aromatic carbocycles. The summed E-state index contributed by atoms with van der Waals surface area (Å²) in [6, 6.07) is 5.11. The van der Waals surface area contributed by atoms with Crippen molar-refractivity contribution in [1.29, 1.82) is 0 Å². The third-order valence-corrected chi connectivity index (χ3v) is 6.24. The number of thioether (sulfide) groups is 1. The average Bonchev–Trinajstić information content (AvgIpc) is 3.37. The maximum Gasteiger partial charge on any atom is 0.315 e. The fraction of sp³-hybridized carbons (Fsp3) is 0.478. The lowest BCUT2D eigenvalue weighted by molar-refractivity contribution is -0.137. The second-order valence-corrected chi connectivity index (χ2v) is 9.59. The van der Waals surface area contributed by atoms with Crippen LogP contribution < -0.4 is 21.7 Å². The maximum absolute atomic E-state index is 13.2. The van der Waals surface area contributed by atoms with E-state index < -0.39 is 23.9 Å². The van der Waals surface area contributed by atoms with Crippen LogP contribution in [-0.2, 0) is 20.8 Å². The number of nitrogens with one attached hydrogen (secondary N) is 4. The van der Waals surface area contributed by atoms with Gasteiger partial charge < -0.3 is 31.6 Å². The van der Waals surface area contributed by atoms with Crippen LogP contribution in [0, 0.1) is 0 Å². The van der Waals surface area contributed by atoms with Gasteiger partial charge in [0.05, 0.1) is 11.8 Å². The summed E-state index contributed by atoms with van der Waals surface area (Å²) in [7, 11) is 0. The van der Waals surface area contributed by atoms with E-state index in [-0.39, 0.29) is 49.2 Å². The van der Waals surface area contributed by atoms with Gasteiger partial charge in [-0.2, -0.15) is 11.8 Å². The summed E-state index contributed by atoms with van der Waals surface area (Å²) >= 11 is 1.36. The summed E-state index contributed by atoms with van der Waals surface area (Å²) in [5.74, 6) is -1.12. The predicted octanol–water partition coefficient (Wildman–Crippen LogP) is 0.721. The zero-order valence-corrected chi connectivity index (χ0v) is 20.4. The number of nitrogens with zero attached hydrogens (tertiary/aromatic N) is 1. The molecule has 184 valence electrons. The Labute approximate surface area is 202 Å². The van der Waals surface area contributed by atoms with E-state index in [9.17, 15) is 19.2 Å². The lowest BCUT2D eigenvalue weighted by Gasteiger charge is -2.25. The third kappa shape index (κ3) is 6.22. The molecule has 3 rings (SSSR count). The monoisotopic (exact) mass is 488 g/mol. The molecule has 0 bridgehead atoms. The number of aromatic amines is 1. The first-order chi connectivity index (χ1) is 16.2. The molecular weight excluding hydrogens is 456 g/mol. The lowest BCUT2D eigenvalue weighted by atomic mass is 10.0. The van der Waals surface area contributed by atoms with Gasteiger partial charge in [0.15, 0.2) is 0 Å². The lowest BCUT2D eigenvalue weighted by Crippen LogP contribution is -2.53. The number of fused-ring (bicyclic) bond motifs is 1. The third-order valence-electron chi connectivity index (χ3n) is 5.71. The molecule has 0 saturated carbocycles. The number of nitrogens with two attached hydrogens (primary N) is 1. The average molecular weight is 489 g/mol. The zero-order chi connectivity index (χ0) is 24.8. The van der Waals surface area contributed by atoms with E-state index in [0.29, 0.717) is 0 Å². The number of hydrogen-bond donors (Lipinski definition) is 5. The molecule has 34 heavy (non-hydrogen) atoms. The van der Waals surface area contributed by atoms with Gasteiger partial charge in [0.25, 0.3) is 0 Å². The number of benzene rings is 1. The minimum absolute atomic E-state index is 0.0458. The van der Waals surface area contributed by atoms with Crippen LogP contribution in [0.25, 0.3) is 10.9 Å². The van der Waals surface area contributed by atoms with Gasteiger partial charge in [-0.05, 0) is 38.2 Å². The van der Waals surface area contributed by atoms with E-state index in [1.165, 1.54) is 16.7 Å². The molecule has 0 aliphatic carbocycles. The Balaban J connectivity index is 1.73. The SMILES string of the molecule is CSCC(=O)N1CC(NC(=O)NC(C)C)CC1C(=O)NC(Cc1c[nH]c2ccccc12)C(N)=O. The number of urea groups is 1. The summed E-state index contributed by atoms with van der Waals surface area (Å²) in [4.78, 5) is 54.9. The van der Waals surface area contributed by atoms with Crippen LogP contribution in [-0.4, -0.2) is 76.4 Å². The zero-order valence-electron chi connectivity index (χ0n) is 19.6. The number of carbonyl (C=O) groups excluding carboxylic acids is 4. The number of H-pyrrole nitrogens is 1. The maximum atomic E-state index is 13.2. The van der Waals surface area contributed by atoms with E-state index >= 15 is 0 Å². The van der Waals surface area contributed by atoms with Gasteiger partial charge in [-0.1, -0.05) is 18.2 Å². The highest BCUT2D eigenvalue weighted by atomic mass is 32.2. The van der Waals surface area contributed by atoms with Crippen molar-refractivity contribution in [2.75, 3.05) is 18.6 Å². The predicted molar refractivity (Wildman–Crippen MR) is 132 cm³/mol. The number of carbonyl (C=O) groups is 4. The van der Waals surface area contributed by atoms with Crippen molar-refractivity contribution in [2.24, 2.45) is 5.73 Å². The molecular formula is C23H32N6O4S. The van der Waals surface area contributed by atoms with Crippen LogP contribution in [0.1, 0.15) is 25.8 Å². The number of rotatable bonds is 9. The molecule has 1 aromatic heterocycles. The Hall–Kier alpha value is -3.21. The number of aromatic nitrogens is 1. The highest BCUT2D eigenvalue weighted by molar-refractivity contribution is 7.99. The molecule has 5 amide bonds. The van der Waals surface area contributed by atoms with Crippen LogP contribution >= 0.6 is 11.8 Å². The minimum Gasteiger partial charge on any atom is -0.368 e. The molecule has 6 N–H and O–H groups in total. The number of primary amides is 1. The largest absolute Gasteiger partial charge is 0.368 e. The molecule has 10 nitrogen and oxygen atoms in total. The summed E-state index contributed by atoms with van der Waals surface area (Å²) in [5.41, 5.74) is 7.39. The van der Waals surface area contributed by atoms with Crippen LogP contribution in [0.4, 0.5) is 4.79 Å². The number of para-hydroxylation sites is 1. The molecule has 11 heteroatoms. The second-order valence-electron chi connectivity index (χ2n) is 8.73. The molecule has 3 unspecified atom stereocenters. The number of amides is 5. The minimum atomic E-state index is -0.944. The van der Waals surface area contributed by atoms with Crippen molar-refractivity contribution in [2.45, 2.75) is 50.9 Å². The molecule has 1 fully saturated rings. The van der Waals surface area contributed by atoms with Crippen molar-refractivity contribution in [3.05, 3.63) is 36.0 Å². The molecule has 1 aliphatic heterocycles. The number of hydrogen-bond acceptors (Lipinski definition) is 5. The van der Waals surface area contributed by atoms with Crippen molar-refractivity contribution in [1.82, 2.24) is 25.8 Å². The van der Waals surface area contributed by atoms with Crippen LogP contribution in [0.15, 0.2) is 30.5 Å². The molecule has 1 aliphatic rings. The van der Waals surface area contributed by atoms with Gasteiger partial charge in [0.2, 0.25) is 17.7 Å². The first-order valence-electron chi connectivity index (χ1n) is 11.2. The topological polar surface area (TPSA) is 149 Å². The van der Waals surface area contributed by atoms with Gasteiger partial charge in [-0.15, -0.1) is 0 Å². The fourth-order valence-electron chi connectivity index (χ4n) is 4.17. The highest BCUT2D eigenvalue weighted by Gasteiger charge is 2.41. The highest BCUT2D eigenvalue weighted by Crippen LogP contribution is 2.22. The Kier molecular flexibility index (Phi) is 8.43. The normalized spacial score (nSPS) is 18.6. The van der Waals surface area contributed by atoms with Gasteiger partial charge in [-0.3, -0.25) is 14.4 Å². The number of likely N-dealkylation sites (tertiary alicyclic amines) is 1. The Morgan fingerprint density at radius 1 is 1.21 bits per heavy atom. The van der Waals surface area contributed by atoms with E-state index in [4.69, 9.17) is 5.73 Å². The van der Waals surface area contributed by atoms with Crippen molar-refractivity contribution in [3.63, 3.8) is 0 Å². The van der Waals surface area contributed by atoms with Gasteiger partial charge >= 0.3 is 6.03 Å². The molecule has 1 saturated heterocycles. The summed E-state index contributed by atoms with van der Waals surface area (Å²) in [6.45, 7) is 3.90. The Morgan fingerprint density at radius 3 is 2.62 bits per heavy atom. The van der Waals surface area contributed by atoms with E-state index in [0.717, 1.165) is 16.5 Å². The molecule has 2 aromatic rings. The van der Waals surface area contributed by atoms with Crippen LogP contribution in [0.5, 0.6) is 0 Å². The Morgan fingerprint density at radius 2 is 1.94 bits per heavy atom. The quantitative estimate of drug-likeness (QED) is 0.353. The van der Waals surface area contributed by atoms with Crippen molar-refractivity contribution < 1.29 is 19.2 Å². The fourth-order valence-corrected chi connectivity index (χ4v) is 4.58. The smallest absolute Gasteiger partial charge is 0.315 e. The van der Waals surface area contributed by atoms with E-state index in [2.05, 4.69) is 20.9 Å². The van der Waals surface area contributed by atoms with Crippen molar-refractivity contribution >= 4 is 46.4 Å². The van der Waals surface area contributed by atoms with Crippen LogP contribution in [0.3, 0.4) is 0 Å². The van der Waals surface area contributed by atoms with Gasteiger partial charge in [0, 0.05) is 36.1 Å². The van der Waals surface area contributed by atoms with E-state index in [1.54, 1.807) is 12.5 Å². The molecule has 3 atom stereocenters. The first-order valence-corrected chi connectivity index (χ1v) is 12.6. The summed E-state index contributed by atoms with van der Waals surface area (Å²) in [6.07, 6.45) is 4.06. The summed E-state index contributed by atoms with van der Waals surface area (Å²) < 4.78 is 0. The van der Waals surface area contributed by atoms with Crippen molar-refractivity contribution in [3.8, 4) is 0 Å². The van der Waals surface area contributed by atoms with Gasteiger partial charge in [0.1, 0.15) is 12.1 Å². The molecule has 0 spiro atoms. The van der Waals surface area contributed by atoms with Crippen LogP contribution in [0.2, 0.25) is 0 Å². The van der Waals surface area contributed by atoms with E-state index in [1.807, 2.05) is 38.1 Å².